The lowest BCUT2D eigenvalue weighted by molar-refractivity contribution is -0.111. The summed E-state index contributed by atoms with van der Waals surface area (Å²) in [5, 5.41) is 2.65. The SMILES string of the molecule is CC=CC(=O)Nc1cccc(C(=O)OCC)c1. The molecular formula is C13H15NO3. The normalized spacial score (nSPS) is 10.2. The minimum absolute atomic E-state index is 0.228. The first kappa shape index (κ1) is 13.0. The Balaban J connectivity index is 2.79. The molecule has 0 saturated carbocycles. The van der Waals surface area contributed by atoms with E-state index in [0.717, 1.165) is 0 Å². The van der Waals surface area contributed by atoms with Crippen LogP contribution in [0.3, 0.4) is 0 Å². The van der Waals surface area contributed by atoms with E-state index in [1.807, 2.05) is 0 Å². The summed E-state index contributed by atoms with van der Waals surface area (Å²) < 4.78 is 4.87. The summed E-state index contributed by atoms with van der Waals surface area (Å²) in [6, 6.07) is 6.63. The van der Waals surface area contributed by atoms with Gasteiger partial charge >= 0.3 is 5.97 Å². The van der Waals surface area contributed by atoms with E-state index in [-0.39, 0.29) is 5.91 Å². The summed E-state index contributed by atoms with van der Waals surface area (Å²) in [6.07, 6.45) is 3.06. The van der Waals surface area contributed by atoms with Crippen LogP contribution in [0.15, 0.2) is 36.4 Å². The highest BCUT2D eigenvalue weighted by Gasteiger charge is 2.07. The number of hydrogen-bond donors (Lipinski definition) is 1. The minimum atomic E-state index is -0.394. The molecule has 1 N–H and O–H groups in total. The molecule has 0 radical (unpaired) electrons. The van der Waals surface area contributed by atoms with Gasteiger partial charge in [0.25, 0.3) is 0 Å². The molecule has 0 aliphatic rings. The molecule has 4 nitrogen and oxygen atoms in total. The van der Waals surface area contributed by atoms with E-state index in [0.29, 0.717) is 17.9 Å². The van der Waals surface area contributed by atoms with E-state index in [2.05, 4.69) is 5.32 Å². The van der Waals surface area contributed by atoms with E-state index in [9.17, 15) is 9.59 Å². The average Bonchev–Trinajstić information content (AvgIpc) is 2.30. The van der Waals surface area contributed by atoms with E-state index < -0.39 is 5.97 Å². The molecule has 0 atom stereocenters. The highest BCUT2D eigenvalue weighted by atomic mass is 16.5. The number of anilines is 1. The summed E-state index contributed by atoms with van der Waals surface area (Å²) in [6.45, 7) is 3.83. The van der Waals surface area contributed by atoms with Gasteiger partial charge in [0.1, 0.15) is 0 Å². The standard InChI is InChI=1S/C13H15NO3/c1-3-6-12(15)14-11-8-5-7-10(9-11)13(16)17-4-2/h3,5-9H,4H2,1-2H3,(H,14,15). The molecular weight excluding hydrogens is 218 g/mol. The molecule has 0 spiro atoms. The zero-order valence-electron chi connectivity index (χ0n) is 9.90. The minimum Gasteiger partial charge on any atom is -0.462 e. The second-order valence-electron chi connectivity index (χ2n) is 3.29. The van der Waals surface area contributed by atoms with Crippen molar-refractivity contribution >= 4 is 17.6 Å². The molecule has 1 aromatic rings. The molecule has 1 aromatic carbocycles. The van der Waals surface area contributed by atoms with Crippen molar-refractivity contribution in [1.82, 2.24) is 0 Å². The number of amides is 1. The number of rotatable bonds is 4. The first-order valence-electron chi connectivity index (χ1n) is 5.38. The third-order valence-electron chi connectivity index (χ3n) is 1.96. The molecule has 0 aliphatic heterocycles. The van der Waals surface area contributed by atoms with Crippen molar-refractivity contribution in [3.05, 3.63) is 42.0 Å². The molecule has 0 fully saturated rings. The Hall–Kier alpha value is -2.10. The second-order valence-corrected chi connectivity index (χ2v) is 3.29. The fraction of sp³-hybridized carbons (Fsp3) is 0.231. The van der Waals surface area contributed by atoms with Gasteiger partial charge in [-0.25, -0.2) is 4.79 Å². The summed E-state index contributed by atoms with van der Waals surface area (Å²) in [7, 11) is 0. The highest BCUT2D eigenvalue weighted by Crippen LogP contribution is 2.11. The van der Waals surface area contributed by atoms with Gasteiger partial charge in [0.2, 0.25) is 5.91 Å². The zero-order valence-corrected chi connectivity index (χ0v) is 9.90. The van der Waals surface area contributed by atoms with Gasteiger partial charge in [-0.1, -0.05) is 12.1 Å². The lowest BCUT2D eigenvalue weighted by Gasteiger charge is -2.05. The van der Waals surface area contributed by atoms with Crippen LogP contribution in [0.4, 0.5) is 5.69 Å². The smallest absolute Gasteiger partial charge is 0.338 e. The van der Waals surface area contributed by atoms with E-state index >= 15 is 0 Å². The first-order chi connectivity index (χ1) is 8.17. The van der Waals surface area contributed by atoms with Gasteiger partial charge in [0, 0.05) is 5.69 Å². The Kier molecular flexibility index (Phi) is 4.94. The van der Waals surface area contributed by atoms with Crippen molar-refractivity contribution in [1.29, 1.82) is 0 Å². The molecule has 0 aromatic heterocycles. The molecule has 0 saturated heterocycles. The lowest BCUT2D eigenvalue weighted by atomic mass is 10.2. The monoisotopic (exact) mass is 233 g/mol. The third-order valence-corrected chi connectivity index (χ3v) is 1.96. The van der Waals surface area contributed by atoms with Crippen molar-refractivity contribution < 1.29 is 14.3 Å². The van der Waals surface area contributed by atoms with Gasteiger partial charge < -0.3 is 10.1 Å². The number of benzene rings is 1. The van der Waals surface area contributed by atoms with Crippen LogP contribution in [-0.2, 0) is 9.53 Å². The molecule has 0 heterocycles. The Bertz CT molecular complexity index is 438. The van der Waals surface area contributed by atoms with Gasteiger partial charge in [-0.3, -0.25) is 4.79 Å². The van der Waals surface area contributed by atoms with Crippen LogP contribution in [0.25, 0.3) is 0 Å². The van der Waals surface area contributed by atoms with Crippen molar-refractivity contribution in [3.8, 4) is 0 Å². The van der Waals surface area contributed by atoms with Crippen LogP contribution in [0, 0.1) is 0 Å². The van der Waals surface area contributed by atoms with Crippen molar-refractivity contribution in [3.63, 3.8) is 0 Å². The van der Waals surface area contributed by atoms with Crippen molar-refractivity contribution in [2.24, 2.45) is 0 Å². The summed E-state index contributed by atoms with van der Waals surface area (Å²) in [4.78, 5) is 22.8. The van der Waals surface area contributed by atoms with Gasteiger partial charge in [0.15, 0.2) is 0 Å². The number of ether oxygens (including phenoxy) is 1. The van der Waals surface area contributed by atoms with Gasteiger partial charge in [-0.05, 0) is 38.1 Å². The number of nitrogens with one attached hydrogen (secondary N) is 1. The number of esters is 1. The summed E-state index contributed by atoms with van der Waals surface area (Å²) >= 11 is 0. The topological polar surface area (TPSA) is 55.4 Å². The predicted molar refractivity (Wildman–Crippen MR) is 65.8 cm³/mol. The van der Waals surface area contributed by atoms with Crippen LogP contribution in [0.1, 0.15) is 24.2 Å². The van der Waals surface area contributed by atoms with Crippen LogP contribution in [-0.4, -0.2) is 18.5 Å². The Labute approximate surface area is 100 Å². The quantitative estimate of drug-likeness (QED) is 0.641. The molecule has 90 valence electrons. The van der Waals surface area contributed by atoms with E-state index in [1.54, 1.807) is 44.2 Å². The molecule has 4 heteroatoms. The Morgan fingerprint density at radius 2 is 2.18 bits per heavy atom. The number of allylic oxidation sites excluding steroid dienone is 1. The third kappa shape index (κ3) is 4.10. The fourth-order valence-electron chi connectivity index (χ4n) is 1.27. The second kappa shape index (κ2) is 6.48. The van der Waals surface area contributed by atoms with Crippen LogP contribution < -0.4 is 5.32 Å². The first-order valence-corrected chi connectivity index (χ1v) is 5.38. The maximum atomic E-state index is 11.5. The summed E-state index contributed by atoms with van der Waals surface area (Å²) in [5.41, 5.74) is 0.990. The van der Waals surface area contributed by atoms with Crippen molar-refractivity contribution in [2.75, 3.05) is 11.9 Å². The van der Waals surface area contributed by atoms with E-state index in [4.69, 9.17) is 4.74 Å². The van der Waals surface area contributed by atoms with Crippen LogP contribution in [0.2, 0.25) is 0 Å². The highest BCUT2D eigenvalue weighted by molar-refractivity contribution is 6.00. The largest absolute Gasteiger partial charge is 0.462 e. The number of hydrogen-bond acceptors (Lipinski definition) is 3. The molecule has 1 rings (SSSR count). The van der Waals surface area contributed by atoms with Gasteiger partial charge in [-0.15, -0.1) is 0 Å². The average molecular weight is 233 g/mol. The fourth-order valence-corrected chi connectivity index (χ4v) is 1.27. The van der Waals surface area contributed by atoms with Crippen LogP contribution in [0.5, 0.6) is 0 Å². The lowest BCUT2D eigenvalue weighted by Crippen LogP contribution is -2.09. The number of carbonyl (C=O) groups is 2. The van der Waals surface area contributed by atoms with Crippen molar-refractivity contribution in [2.45, 2.75) is 13.8 Å². The maximum Gasteiger partial charge on any atom is 0.338 e. The Morgan fingerprint density at radius 1 is 1.41 bits per heavy atom. The zero-order chi connectivity index (χ0) is 12.7. The number of carbonyl (C=O) groups excluding carboxylic acids is 2. The summed E-state index contributed by atoms with van der Waals surface area (Å²) in [5.74, 6) is -0.622. The predicted octanol–water partition coefficient (Wildman–Crippen LogP) is 2.38. The van der Waals surface area contributed by atoms with Crippen LogP contribution >= 0.6 is 0 Å². The molecule has 0 bridgehead atoms. The van der Waals surface area contributed by atoms with Gasteiger partial charge in [-0.2, -0.15) is 0 Å². The van der Waals surface area contributed by atoms with E-state index in [1.165, 1.54) is 6.08 Å². The molecule has 17 heavy (non-hydrogen) atoms. The Morgan fingerprint density at radius 3 is 2.82 bits per heavy atom. The molecule has 0 unspecified atom stereocenters. The molecule has 1 amide bonds. The van der Waals surface area contributed by atoms with Gasteiger partial charge in [0.05, 0.1) is 12.2 Å². The maximum absolute atomic E-state index is 11.5. The molecule has 0 aliphatic carbocycles.